The van der Waals surface area contributed by atoms with E-state index < -0.39 is 12.0 Å². The van der Waals surface area contributed by atoms with Crippen molar-refractivity contribution in [1.29, 1.82) is 0 Å². The largest absolute Gasteiger partial charge is 0.459 e. The van der Waals surface area contributed by atoms with Gasteiger partial charge in [-0.3, -0.25) is 4.79 Å². The standard InChI is InChI=1S/C20H27N3O4/c1-6-7-16(24)21-15-10-8-14(9-11-15)18-17(19(25)27-12(2)3)13(4)23(5)20(26)22-18/h8-12,18H,6-7H2,1-5H3,(H,21,24)(H,22,26). The Morgan fingerprint density at radius 1 is 1.26 bits per heavy atom. The van der Waals surface area contributed by atoms with Crippen molar-refractivity contribution in [3.8, 4) is 0 Å². The third-order valence-corrected chi connectivity index (χ3v) is 4.32. The predicted octanol–water partition coefficient (Wildman–Crippen LogP) is 3.35. The van der Waals surface area contributed by atoms with Gasteiger partial charge in [0.05, 0.1) is 17.7 Å². The number of carbonyl (C=O) groups is 3. The number of allylic oxidation sites excluding steroid dienone is 1. The van der Waals surface area contributed by atoms with Crippen molar-refractivity contribution in [2.45, 2.75) is 52.7 Å². The second kappa shape index (κ2) is 8.70. The van der Waals surface area contributed by atoms with E-state index in [9.17, 15) is 14.4 Å². The maximum absolute atomic E-state index is 12.6. The molecule has 1 aliphatic rings. The van der Waals surface area contributed by atoms with E-state index >= 15 is 0 Å². The number of benzene rings is 1. The molecule has 2 rings (SSSR count). The van der Waals surface area contributed by atoms with Gasteiger partial charge in [0, 0.05) is 24.9 Å². The van der Waals surface area contributed by atoms with Crippen LogP contribution in [0.25, 0.3) is 0 Å². The molecular formula is C20H27N3O4. The van der Waals surface area contributed by atoms with Crippen LogP contribution in [0.1, 0.15) is 52.1 Å². The quantitative estimate of drug-likeness (QED) is 0.749. The summed E-state index contributed by atoms with van der Waals surface area (Å²) in [4.78, 5) is 38.0. The minimum absolute atomic E-state index is 0.0465. The van der Waals surface area contributed by atoms with Crippen LogP contribution >= 0.6 is 0 Å². The molecule has 2 N–H and O–H groups in total. The van der Waals surface area contributed by atoms with Gasteiger partial charge in [-0.15, -0.1) is 0 Å². The number of urea groups is 1. The van der Waals surface area contributed by atoms with E-state index in [0.29, 0.717) is 23.4 Å². The molecule has 7 nitrogen and oxygen atoms in total. The molecule has 0 fully saturated rings. The van der Waals surface area contributed by atoms with Gasteiger partial charge in [-0.1, -0.05) is 19.1 Å². The molecule has 0 aliphatic carbocycles. The summed E-state index contributed by atoms with van der Waals surface area (Å²) in [5, 5.41) is 5.66. The van der Waals surface area contributed by atoms with Crippen molar-refractivity contribution in [2.24, 2.45) is 0 Å². The van der Waals surface area contributed by atoms with Crippen molar-refractivity contribution in [3.63, 3.8) is 0 Å². The second-order valence-corrected chi connectivity index (χ2v) is 6.81. The molecule has 1 aromatic carbocycles. The Kier molecular flexibility index (Phi) is 6.60. The lowest BCUT2D eigenvalue weighted by atomic mass is 9.95. The van der Waals surface area contributed by atoms with Gasteiger partial charge < -0.3 is 20.3 Å². The molecule has 0 spiro atoms. The smallest absolute Gasteiger partial charge is 0.338 e. The van der Waals surface area contributed by atoms with E-state index in [1.807, 2.05) is 6.92 Å². The number of hydrogen-bond acceptors (Lipinski definition) is 4. The van der Waals surface area contributed by atoms with Crippen molar-refractivity contribution < 1.29 is 19.1 Å². The molecule has 0 saturated carbocycles. The van der Waals surface area contributed by atoms with E-state index in [4.69, 9.17) is 4.74 Å². The molecule has 0 bridgehead atoms. The average molecular weight is 373 g/mol. The summed E-state index contributed by atoms with van der Waals surface area (Å²) < 4.78 is 5.37. The second-order valence-electron chi connectivity index (χ2n) is 6.81. The Bertz CT molecular complexity index is 753. The van der Waals surface area contributed by atoms with Crippen LogP contribution in [0.15, 0.2) is 35.5 Å². The molecule has 0 saturated heterocycles. The van der Waals surface area contributed by atoms with Gasteiger partial charge in [-0.05, 0) is 44.9 Å². The molecule has 1 aliphatic heterocycles. The summed E-state index contributed by atoms with van der Waals surface area (Å²) in [5.74, 6) is -0.505. The molecule has 1 unspecified atom stereocenters. The summed E-state index contributed by atoms with van der Waals surface area (Å²) >= 11 is 0. The van der Waals surface area contributed by atoms with Crippen molar-refractivity contribution >= 4 is 23.6 Å². The van der Waals surface area contributed by atoms with Crippen LogP contribution in [-0.4, -0.2) is 36.0 Å². The van der Waals surface area contributed by atoms with Gasteiger partial charge >= 0.3 is 12.0 Å². The van der Waals surface area contributed by atoms with Crippen LogP contribution in [0.4, 0.5) is 10.5 Å². The number of rotatable bonds is 6. The lowest BCUT2D eigenvalue weighted by Crippen LogP contribution is -2.46. The zero-order valence-corrected chi connectivity index (χ0v) is 16.5. The van der Waals surface area contributed by atoms with Gasteiger partial charge in [-0.25, -0.2) is 9.59 Å². The van der Waals surface area contributed by atoms with Crippen molar-refractivity contribution in [3.05, 3.63) is 41.1 Å². The monoisotopic (exact) mass is 373 g/mol. The Labute approximate surface area is 159 Å². The first-order valence-electron chi connectivity index (χ1n) is 9.10. The topological polar surface area (TPSA) is 87.7 Å². The highest BCUT2D eigenvalue weighted by atomic mass is 16.5. The van der Waals surface area contributed by atoms with E-state index in [-0.39, 0.29) is 18.0 Å². The number of anilines is 1. The summed E-state index contributed by atoms with van der Waals surface area (Å²) in [7, 11) is 1.61. The number of nitrogens with one attached hydrogen (secondary N) is 2. The van der Waals surface area contributed by atoms with Crippen LogP contribution in [0, 0.1) is 0 Å². The normalized spacial score (nSPS) is 17.0. The van der Waals surface area contributed by atoms with Crippen molar-refractivity contribution in [1.82, 2.24) is 10.2 Å². The van der Waals surface area contributed by atoms with Crippen LogP contribution < -0.4 is 10.6 Å². The van der Waals surface area contributed by atoms with Crippen molar-refractivity contribution in [2.75, 3.05) is 12.4 Å². The van der Waals surface area contributed by atoms with E-state index in [2.05, 4.69) is 10.6 Å². The minimum atomic E-state index is -0.611. The fourth-order valence-electron chi connectivity index (χ4n) is 2.84. The molecule has 1 atom stereocenters. The molecule has 1 aromatic rings. The van der Waals surface area contributed by atoms with Gasteiger partial charge in [-0.2, -0.15) is 0 Å². The average Bonchev–Trinajstić information content (AvgIpc) is 2.59. The SMILES string of the molecule is CCCC(=O)Nc1ccc(C2NC(=O)N(C)C(C)=C2C(=O)OC(C)C)cc1. The molecule has 0 radical (unpaired) electrons. The number of hydrogen-bond donors (Lipinski definition) is 2. The third-order valence-electron chi connectivity index (χ3n) is 4.32. The molecule has 3 amide bonds. The number of nitrogens with zero attached hydrogens (tertiary/aromatic N) is 1. The lowest BCUT2D eigenvalue weighted by molar-refractivity contribution is -0.143. The first-order valence-corrected chi connectivity index (χ1v) is 9.10. The summed E-state index contributed by atoms with van der Waals surface area (Å²) in [6.07, 6.45) is 0.967. The highest BCUT2D eigenvalue weighted by Gasteiger charge is 2.35. The molecule has 0 aromatic heterocycles. The molecule has 1 heterocycles. The first kappa shape index (κ1) is 20.5. The summed E-state index contributed by atoms with van der Waals surface area (Å²) in [5.41, 5.74) is 2.35. The van der Waals surface area contributed by atoms with E-state index in [0.717, 1.165) is 12.0 Å². The fraction of sp³-hybridized carbons (Fsp3) is 0.450. The number of amides is 3. The Hall–Kier alpha value is -2.83. The van der Waals surface area contributed by atoms with Gasteiger partial charge in [0.15, 0.2) is 0 Å². The Morgan fingerprint density at radius 2 is 1.89 bits per heavy atom. The lowest BCUT2D eigenvalue weighted by Gasteiger charge is -2.33. The maximum atomic E-state index is 12.6. The maximum Gasteiger partial charge on any atom is 0.338 e. The highest BCUT2D eigenvalue weighted by molar-refractivity contribution is 5.95. The predicted molar refractivity (Wildman–Crippen MR) is 103 cm³/mol. The first-order chi connectivity index (χ1) is 12.7. The number of carbonyl (C=O) groups excluding carboxylic acids is 3. The summed E-state index contributed by atoms with van der Waals surface area (Å²) in [6, 6.07) is 6.18. The van der Waals surface area contributed by atoms with Crippen LogP contribution in [0.5, 0.6) is 0 Å². The van der Waals surface area contributed by atoms with Crippen LogP contribution in [0.3, 0.4) is 0 Å². The molecule has 7 heteroatoms. The third kappa shape index (κ3) is 4.87. The summed E-state index contributed by atoms with van der Waals surface area (Å²) in [6.45, 7) is 7.23. The zero-order chi connectivity index (χ0) is 20.1. The molecule has 27 heavy (non-hydrogen) atoms. The van der Waals surface area contributed by atoms with Crippen LogP contribution in [0.2, 0.25) is 0 Å². The van der Waals surface area contributed by atoms with E-state index in [1.54, 1.807) is 52.1 Å². The molecular weight excluding hydrogens is 346 g/mol. The van der Waals surface area contributed by atoms with E-state index in [1.165, 1.54) is 4.90 Å². The highest BCUT2D eigenvalue weighted by Crippen LogP contribution is 2.31. The Morgan fingerprint density at radius 3 is 2.44 bits per heavy atom. The van der Waals surface area contributed by atoms with Gasteiger partial charge in [0.25, 0.3) is 0 Å². The van der Waals surface area contributed by atoms with Crippen LogP contribution in [-0.2, 0) is 14.3 Å². The fourth-order valence-corrected chi connectivity index (χ4v) is 2.84. The number of esters is 1. The minimum Gasteiger partial charge on any atom is -0.459 e. The van der Waals surface area contributed by atoms with Gasteiger partial charge in [0.1, 0.15) is 0 Å². The number of ether oxygens (including phenoxy) is 1. The zero-order valence-electron chi connectivity index (χ0n) is 16.5. The van der Waals surface area contributed by atoms with Gasteiger partial charge in [0.2, 0.25) is 5.91 Å². The molecule has 146 valence electrons. The Balaban J connectivity index is 2.32.